The number of para-hydroxylation sites is 2. The predicted octanol–water partition coefficient (Wildman–Crippen LogP) is 1.96. The first-order valence-electron chi connectivity index (χ1n) is 7.62. The van der Waals surface area contributed by atoms with Crippen molar-refractivity contribution >= 4 is 34.2 Å². The average molecular weight is 342 g/mol. The molecular weight excluding hydrogens is 324 g/mol. The highest BCUT2D eigenvalue weighted by Crippen LogP contribution is 2.15. The van der Waals surface area contributed by atoms with Crippen LogP contribution in [0.5, 0.6) is 0 Å². The van der Waals surface area contributed by atoms with Crippen LogP contribution < -0.4 is 10.9 Å². The Labute approximate surface area is 143 Å². The smallest absolute Gasteiger partial charge is 0.242 e. The highest BCUT2D eigenvalue weighted by atomic mass is 32.1. The number of benzene rings is 1. The second kappa shape index (κ2) is 7.27. The summed E-state index contributed by atoms with van der Waals surface area (Å²) in [4.78, 5) is 28.1. The largest absolute Gasteiger partial charge is 0.331 e. The molecule has 0 bridgehead atoms. The van der Waals surface area contributed by atoms with Crippen molar-refractivity contribution in [3.63, 3.8) is 0 Å². The third kappa shape index (κ3) is 3.80. The molecule has 0 saturated heterocycles. The third-order valence-electron chi connectivity index (χ3n) is 3.74. The van der Waals surface area contributed by atoms with E-state index in [1.165, 1.54) is 11.3 Å². The molecule has 24 heavy (non-hydrogen) atoms. The maximum absolute atomic E-state index is 11.9. The molecule has 2 aromatic heterocycles. The minimum absolute atomic E-state index is 0.232. The maximum atomic E-state index is 11.9. The molecule has 2 heterocycles. The Kier molecular flexibility index (Phi) is 4.90. The molecule has 0 aliphatic rings. The van der Waals surface area contributed by atoms with Gasteiger partial charge in [0, 0.05) is 19.9 Å². The number of hydrogen-bond donors (Lipinski definition) is 2. The van der Waals surface area contributed by atoms with Crippen LogP contribution in [-0.2, 0) is 29.5 Å². The molecule has 0 aliphatic heterocycles. The molecule has 0 spiro atoms. The summed E-state index contributed by atoms with van der Waals surface area (Å²) in [5.74, 6) is 0.376. The molecule has 0 radical (unpaired) electrons. The van der Waals surface area contributed by atoms with Crippen molar-refractivity contribution in [2.75, 3.05) is 0 Å². The number of imidazole rings is 1. The Bertz CT molecular complexity index is 855. The van der Waals surface area contributed by atoms with Crippen molar-refractivity contribution in [1.29, 1.82) is 0 Å². The highest BCUT2D eigenvalue weighted by Gasteiger charge is 2.10. The van der Waals surface area contributed by atoms with Crippen molar-refractivity contribution < 1.29 is 9.59 Å². The fourth-order valence-corrected chi connectivity index (χ4v) is 3.14. The molecule has 3 rings (SSSR count). The third-order valence-corrected chi connectivity index (χ3v) is 4.47. The Morgan fingerprint density at radius 3 is 2.71 bits per heavy atom. The molecule has 6 nitrogen and oxygen atoms in total. The quantitative estimate of drug-likeness (QED) is 0.696. The summed E-state index contributed by atoms with van der Waals surface area (Å²) in [5, 5.41) is 3.82. The molecule has 0 atom stereocenters. The lowest BCUT2D eigenvalue weighted by molar-refractivity contribution is -0.128. The monoisotopic (exact) mass is 342 g/mol. The Balaban J connectivity index is 1.48. The van der Waals surface area contributed by atoms with E-state index in [0.29, 0.717) is 6.42 Å². The van der Waals surface area contributed by atoms with Gasteiger partial charge < -0.3 is 4.57 Å². The molecule has 3 aromatic rings. The summed E-state index contributed by atoms with van der Waals surface area (Å²) in [6, 6.07) is 9.73. The lowest BCUT2D eigenvalue weighted by Crippen LogP contribution is -2.42. The van der Waals surface area contributed by atoms with E-state index < -0.39 is 0 Å². The first-order valence-corrected chi connectivity index (χ1v) is 8.57. The van der Waals surface area contributed by atoms with Crippen LogP contribution in [0.1, 0.15) is 17.8 Å². The van der Waals surface area contributed by atoms with E-state index in [-0.39, 0.29) is 24.7 Å². The summed E-state index contributed by atoms with van der Waals surface area (Å²) in [5.41, 5.74) is 7.77. The summed E-state index contributed by atoms with van der Waals surface area (Å²) in [7, 11) is 1.94. The zero-order valence-corrected chi connectivity index (χ0v) is 14.1. The van der Waals surface area contributed by atoms with Gasteiger partial charge in [0.05, 0.1) is 17.5 Å². The van der Waals surface area contributed by atoms with Gasteiger partial charge in [-0.1, -0.05) is 12.1 Å². The van der Waals surface area contributed by atoms with Gasteiger partial charge in [-0.2, -0.15) is 11.3 Å². The van der Waals surface area contributed by atoms with Crippen LogP contribution in [0.3, 0.4) is 0 Å². The summed E-state index contributed by atoms with van der Waals surface area (Å²) in [6.07, 6.45) is 1.03. The van der Waals surface area contributed by atoms with Gasteiger partial charge in [-0.05, 0) is 34.5 Å². The minimum Gasteiger partial charge on any atom is -0.331 e. The first kappa shape index (κ1) is 16.2. The number of amides is 2. The van der Waals surface area contributed by atoms with Crippen molar-refractivity contribution in [2.45, 2.75) is 19.3 Å². The first-order chi connectivity index (χ1) is 11.6. The van der Waals surface area contributed by atoms with Crippen LogP contribution in [0.15, 0.2) is 41.1 Å². The number of hydrogen-bond acceptors (Lipinski definition) is 4. The molecule has 7 heteroatoms. The lowest BCUT2D eigenvalue weighted by Gasteiger charge is -2.07. The molecule has 124 valence electrons. The van der Waals surface area contributed by atoms with Gasteiger partial charge in [-0.3, -0.25) is 20.4 Å². The van der Waals surface area contributed by atoms with Crippen LogP contribution in [-0.4, -0.2) is 21.4 Å². The van der Waals surface area contributed by atoms with E-state index in [1.54, 1.807) is 0 Å². The molecule has 2 amide bonds. The van der Waals surface area contributed by atoms with Crippen molar-refractivity contribution in [3.05, 3.63) is 52.5 Å². The van der Waals surface area contributed by atoms with Gasteiger partial charge in [0.25, 0.3) is 0 Å². The van der Waals surface area contributed by atoms with E-state index in [0.717, 1.165) is 22.4 Å². The summed E-state index contributed by atoms with van der Waals surface area (Å²) in [6.45, 7) is 0. The van der Waals surface area contributed by atoms with Crippen molar-refractivity contribution in [2.24, 2.45) is 7.05 Å². The predicted molar refractivity (Wildman–Crippen MR) is 93.3 cm³/mol. The molecule has 0 fully saturated rings. The van der Waals surface area contributed by atoms with Gasteiger partial charge in [0.15, 0.2) is 0 Å². The molecule has 0 aliphatic carbocycles. The second-order valence-corrected chi connectivity index (χ2v) is 6.26. The molecule has 0 unspecified atom stereocenters. The number of thiophene rings is 1. The number of rotatable bonds is 5. The molecule has 1 aromatic carbocycles. The summed E-state index contributed by atoms with van der Waals surface area (Å²) >= 11 is 1.54. The number of nitrogens with zero attached hydrogens (tertiary/aromatic N) is 2. The van der Waals surface area contributed by atoms with Crippen molar-refractivity contribution in [1.82, 2.24) is 20.4 Å². The van der Waals surface area contributed by atoms with E-state index in [1.807, 2.05) is 52.7 Å². The zero-order chi connectivity index (χ0) is 16.9. The van der Waals surface area contributed by atoms with E-state index >= 15 is 0 Å². The number of aryl methyl sites for hydroxylation is 2. The maximum Gasteiger partial charge on any atom is 0.242 e. The van der Waals surface area contributed by atoms with Gasteiger partial charge >= 0.3 is 0 Å². The Morgan fingerprint density at radius 1 is 1.17 bits per heavy atom. The number of carbonyl (C=O) groups excluding carboxylic acids is 2. The SMILES string of the molecule is Cn1c(CCC(=O)NNC(=O)Cc2ccsc2)nc2ccccc21. The van der Waals surface area contributed by atoms with Gasteiger partial charge in [-0.15, -0.1) is 0 Å². The van der Waals surface area contributed by atoms with Crippen LogP contribution in [0.25, 0.3) is 11.0 Å². The number of fused-ring (bicyclic) bond motifs is 1. The fraction of sp³-hybridized carbons (Fsp3) is 0.235. The summed E-state index contributed by atoms with van der Waals surface area (Å²) < 4.78 is 1.98. The lowest BCUT2D eigenvalue weighted by atomic mass is 10.2. The van der Waals surface area contributed by atoms with Crippen molar-refractivity contribution in [3.8, 4) is 0 Å². The number of hydrazine groups is 1. The van der Waals surface area contributed by atoms with Crippen LogP contribution in [0.4, 0.5) is 0 Å². The topological polar surface area (TPSA) is 76.0 Å². The normalized spacial score (nSPS) is 10.7. The standard InChI is InChI=1S/C17H18N4O2S/c1-21-14-5-3-2-4-13(14)18-15(21)6-7-16(22)19-20-17(23)10-12-8-9-24-11-12/h2-5,8-9,11H,6-7,10H2,1H3,(H,19,22)(H,20,23). The van der Waals surface area contributed by atoms with E-state index in [9.17, 15) is 9.59 Å². The second-order valence-electron chi connectivity index (χ2n) is 5.48. The Hall–Kier alpha value is -2.67. The van der Waals surface area contributed by atoms with E-state index in [4.69, 9.17) is 0 Å². The van der Waals surface area contributed by atoms with E-state index in [2.05, 4.69) is 15.8 Å². The fourth-order valence-electron chi connectivity index (χ4n) is 2.47. The number of carbonyl (C=O) groups is 2. The van der Waals surface area contributed by atoms with Crippen LogP contribution in [0, 0.1) is 0 Å². The van der Waals surface area contributed by atoms with Gasteiger partial charge in [-0.25, -0.2) is 4.98 Å². The molecule has 0 saturated carbocycles. The Morgan fingerprint density at radius 2 is 1.96 bits per heavy atom. The number of nitrogens with one attached hydrogen (secondary N) is 2. The van der Waals surface area contributed by atoms with Gasteiger partial charge in [0.2, 0.25) is 11.8 Å². The molecule has 2 N–H and O–H groups in total. The minimum atomic E-state index is -0.235. The zero-order valence-electron chi connectivity index (χ0n) is 13.3. The highest BCUT2D eigenvalue weighted by molar-refractivity contribution is 7.08. The van der Waals surface area contributed by atoms with Gasteiger partial charge in [0.1, 0.15) is 5.82 Å². The molecular formula is C17H18N4O2S. The average Bonchev–Trinajstić information content (AvgIpc) is 3.19. The van der Waals surface area contributed by atoms with Crippen LogP contribution in [0.2, 0.25) is 0 Å². The number of aromatic nitrogens is 2. The van der Waals surface area contributed by atoms with Crippen LogP contribution >= 0.6 is 11.3 Å².